The SMILES string of the molecule is O=C(Cc1ccsc1)N1C[C@@H]2COC[C@]2(C(=O)NCc2ccc(F)c(F)c2)C1. The van der Waals surface area contributed by atoms with E-state index in [9.17, 15) is 18.4 Å². The molecule has 0 radical (unpaired) electrons. The van der Waals surface area contributed by atoms with Gasteiger partial charge < -0.3 is 15.0 Å². The Balaban J connectivity index is 1.42. The minimum absolute atomic E-state index is 0.000538. The van der Waals surface area contributed by atoms with Crippen molar-refractivity contribution in [3.63, 3.8) is 0 Å². The Labute approximate surface area is 165 Å². The van der Waals surface area contributed by atoms with Gasteiger partial charge in [0.25, 0.3) is 0 Å². The van der Waals surface area contributed by atoms with Crippen LogP contribution in [-0.4, -0.2) is 43.0 Å². The van der Waals surface area contributed by atoms with Crippen molar-refractivity contribution >= 4 is 23.2 Å². The number of nitrogens with one attached hydrogen (secondary N) is 1. The fourth-order valence-electron chi connectivity index (χ4n) is 3.93. The van der Waals surface area contributed by atoms with E-state index in [1.165, 1.54) is 6.07 Å². The van der Waals surface area contributed by atoms with Crippen LogP contribution in [0.2, 0.25) is 0 Å². The molecule has 5 nitrogen and oxygen atoms in total. The van der Waals surface area contributed by atoms with Crippen LogP contribution >= 0.6 is 11.3 Å². The van der Waals surface area contributed by atoms with Crippen molar-refractivity contribution in [1.29, 1.82) is 0 Å². The largest absolute Gasteiger partial charge is 0.380 e. The quantitative estimate of drug-likeness (QED) is 0.830. The maximum Gasteiger partial charge on any atom is 0.231 e. The number of amides is 2. The fraction of sp³-hybridized carbons (Fsp3) is 0.400. The standard InChI is InChI=1S/C20H20F2N2O3S/c21-16-2-1-13(5-17(16)22)7-23-19(26)20-11-24(8-15(20)9-27-12-20)18(25)6-14-3-4-28-10-14/h1-5,10,15H,6-9,11-12H2,(H,23,26)/t15-,20-/m1/s1. The third kappa shape index (κ3) is 3.54. The number of carbonyl (C=O) groups is 2. The van der Waals surface area contributed by atoms with E-state index in [4.69, 9.17) is 4.74 Å². The smallest absolute Gasteiger partial charge is 0.231 e. The van der Waals surface area contributed by atoms with Crippen LogP contribution in [0, 0.1) is 23.0 Å². The van der Waals surface area contributed by atoms with Gasteiger partial charge in [-0.2, -0.15) is 11.3 Å². The van der Waals surface area contributed by atoms with Crippen LogP contribution in [0.4, 0.5) is 8.78 Å². The van der Waals surface area contributed by atoms with E-state index in [2.05, 4.69) is 5.32 Å². The van der Waals surface area contributed by atoms with Gasteiger partial charge in [-0.1, -0.05) is 6.07 Å². The molecule has 2 fully saturated rings. The number of thiophene rings is 1. The summed E-state index contributed by atoms with van der Waals surface area (Å²) in [5.41, 5.74) is 0.658. The maximum absolute atomic E-state index is 13.4. The highest BCUT2D eigenvalue weighted by atomic mass is 32.1. The van der Waals surface area contributed by atoms with Crippen molar-refractivity contribution in [3.8, 4) is 0 Å². The van der Waals surface area contributed by atoms with Gasteiger partial charge in [0, 0.05) is 25.6 Å². The van der Waals surface area contributed by atoms with E-state index in [1.54, 1.807) is 16.2 Å². The molecular formula is C20H20F2N2O3S. The lowest BCUT2D eigenvalue weighted by molar-refractivity contribution is -0.134. The topological polar surface area (TPSA) is 58.6 Å². The monoisotopic (exact) mass is 406 g/mol. The number of fused-ring (bicyclic) bond motifs is 1. The van der Waals surface area contributed by atoms with Crippen LogP contribution < -0.4 is 5.32 Å². The summed E-state index contributed by atoms with van der Waals surface area (Å²) in [6.45, 7) is 1.57. The van der Waals surface area contributed by atoms with Crippen molar-refractivity contribution in [3.05, 3.63) is 57.8 Å². The molecule has 2 aliphatic rings. The maximum atomic E-state index is 13.4. The number of hydrogen-bond donors (Lipinski definition) is 1. The van der Waals surface area contributed by atoms with Crippen molar-refractivity contribution in [1.82, 2.24) is 10.2 Å². The molecule has 2 aromatic rings. The molecule has 0 unspecified atom stereocenters. The van der Waals surface area contributed by atoms with E-state index in [0.29, 0.717) is 31.7 Å². The molecule has 2 aliphatic heterocycles. The third-order valence-corrected chi connectivity index (χ3v) is 6.28. The van der Waals surface area contributed by atoms with Gasteiger partial charge in [0.1, 0.15) is 0 Å². The summed E-state index contributed by atoms with van der Waals surface area (Å²) in [5.74, 6) is -2.15. The highest BCUT2D eigenvalue weighted by Gasteiger charge is 2.56. The van der Waals surface area contributed by atoms with E-state index < -0.39 is 17.0 Å². The van der Waals surface area contributed by atoms with Crippen LogP contribution in [-0.2, 0) is 27.3 Å². The summed E-state index contributed by atoms with van der Waals surface area (Å²) in [6, 6.07) is 5.47. The first-order valence-electron chi connectivity index (χ1n) is 9.07. The van der Waals surface area contributed by atoms with E-state index in [1.807, 2.05) is 16.8 Å². The van der Waals surface area contributed by atoms with Crippen molar-refractivity contribution in [2.24, 2.45) is 11.3 Å². The predicted molar refractivity (Wildman–Crippen MR) is 99.5 cm³/mol. The first kappa shape index (κ1) is 19.0. The molecule has 0 bridgehead atoms. The van der Waals surface area contributed by atoms with E-state index in [-0.39, 0.29) is 30.9 Å². The van der Waals surface area contributed by atoms with Gasteiger partial charge >= 0.3 is 0 Å². The molecular weight excluding hydrogens is 386 g/mol. The molecule has 2 amide bonds. The van der Waals surface area contributed by atoms with Gasteiger partial charge in [0.2, 0.25) is 11.8 Å². The second kappa shape index (κ2) is 7.60. The zero-order valence-corrected chi connectivity index (χ0v) is 15.9. The van der Waals surface area contributed by atoms with Crippen LogP contribution in [0.15, 0.2) is 35.0 Å². The number of halogens is 2. The van der Waals surface area contributed by atoms with Crippen molar-refractivity contribution < 1.29 is 23.1 Å². The number of benzene rings is 1. The van der Waals surface area contributed by atoms with E-state index >= 15 is 0 Å². The molecule has 0 spiro atoms. The van der Waals surface area contributed by atoms with E-state index in [0.717, 1.165) is 17.7 Å². The average Bonchev–Trinajstić information content (AvgIpc) is 3.38. The molecule has 1 aromatic heterocycles. The average molecular weight is 406 g/mol. The Morgan fingerprint density at radius 1 is 1.25 bits per heavy atom. The Bertz CT molecular complexity index is 890. The minimum Gasteiger partial charge on any atom is -0.380 e. The summed E-state index contributed by atoms with van der Waals surface area (Å²) in [6.07, 6.45) is 0.323. The zero-order valence-electron chi connectivity index (χ0n) is 15.1. The molecule has 8 heteroatoms. The van der Waals surface area contributed by atoms with Gasteiger partial charge in [-0.25, -0.2) is 8.78 Å². The third-order valence-electron chi connectivity index (χ3n) is 5.55. The molecule has 2 atom stereocenters. The second-order valence-electron chi connectivity index (χ2n) is 7.38. The summed E-state index contributed by atoms with van der Waals surface area (Å²) in [7, 11) is 0. The van der Waals surface area contributed by atoms with Crippen LogP contribution in [0.5, 0.6) is 0 Å². The summed E-state index contributed by atoms with van der Waals surface area (Å²) >= 11 is 1.55. The Hall–Kier alpha value is -2.32. The zero-order chi connectivity index (χ0) is 19.7. The molecule has 4 rings (SSSR count). The number of likely N-dealkylation sites (tertiary alicyclic amines) is 1. The lowest BCUT2D eigenvalue weighted by Crippen LogP contribution is -2.47. The summed E-state index contributed by atoms with van der Waals surface area (Å²) in [4.78, 5) is 27.3. The molecule has 3 heterocycles. The first-order valence-corrected chi connectivity index (χ1v) is 10.0. The second-order valence-corrected chi connectivity index (χ2v) is 8.16. The number of rotatable bonds is 5. The molecule has 0 aliphatic carbocycles. The van der Waals surface area contributed by atoms with Crippen LogP contribution in [0.1, 0.15) is 11.1 Å². The van der Waals surface area contributed by atoms with Crippen molar-refractivity contribution in [2.75, 3.05) is 26.3 Å². The Kier molecular flexibility index (Phi) is 5.16. The lowest BCUT2D eigenvalue weighted by atomic mass is 9.80. The number of ether oxygens (including phenoxy) is 1. The van der Waals surface area contributed by atoms with Gasteiger partial charge in [-0.3, -0.25) is 9.59 Å². The highest BCUT2D eigenvalue weighted by Crippen LogP contribution is 2.41. The van der Waals surface area contributed by atoms with Crippen LogP contribution in [0.25, 0.3) is 0 Å². The highest BCUT2D eigenvalue weighted by molar-refractivity contribution is 7.08. The van der Waals surface area contributed by atoms with Crippen LogP contribution in [0.3, 0.4) is 0 Å². The molecule has 1 aromatic carbocycles. The minimum atomic E-state index is -0.946. The van der Waals surface area contributed by atoms with Gasteiger partial charge in [-0.15, -0.1) is 0 Å². The molecule has 2 saturated heterocycles. The lowest BCUT2D eigenvalue weighted by Gasteiger charge is -2.26. The molecule has 28 heavy (non-hydrogen) atoms. The number of carbonyl (C=O) groups excluding carboxylic acids is 2. The molecule has 148 valence electrons. The first-order chi connectivity index (χ1) is 13.5. The number of hydrogen-bond acceptors (Lipinski definition) is 4. The Morgan fingerprint density at radius 3 is 2.86 bits per heavy atom. The van der Waals surface area contributed by atoms with Gasteiger partial charge in [-0.05, 0) is 40.1 Å². The van der Waals surface area contributed by atoms with Crippen molar-refractivity contribution in [2.45, 2.75) is 13.0 Å². The summed E-state index contributed by atoms with van der Waals surface area (Å²) in [5, 5.41) is 6.69. The predicted octanol–water partition coefficient (Wildman–Crippen LogP) is 2.36. The molecule has 0 saturated carbocycles. The van der Waals surface area contributed by atoms with Gasteiger partial charge in [0.05, 0.1) is 25.0 Å². The normalized spacial score (nSPS) is 23.6. The molecule has 1 N–H and O–H groups in total. The van der Waals surface area contributed by atoms with Gasteiger partial charge in [0.15, 0.2) is 11.6 Å². The number of nitrogens with zero attached hydrogens (tertiary/aromatic N) is 1. The Morgan fingerprint density at radius 2 is 2.11 bits per heavy atom. The fourth-order valence-corrected chi connectivity index (χ4v) is 4.60. The summed E-state index contributed by atoms with van der Waals surface area (Å²) < 4.78 is 32.0.